The molecule has 1 saturated heterocycles. The summed E-state index contributed by atoms with van der Waals surface area (Å²) in [6.45, 7) is 1.48. The third kappa shape index (κ3) is 5.11. The minimum Gasteiger partial charge on any atom is -0.496 e. The molecule has 1 heterocycles. The molecule has 9 heteroatoms. The van der Waals surface area contributed by atoms with Crippen LogP contribution >= 0.6 is 0 Å². The molecule has 1 fully saturated rings. The van der Waals surface area contributed by atoms with E-state index in [9.17, 15) is 17.6 Å². The van der Waals surface area contributed by atoms with E-state index in [1.807, 2.05) is 0 Å². The Morgan fingerprint density at radius 1 is 1.21 bits per heavy atom. The minimum absolute atomic E-state index is 0.0236. The van der Waals surface area contributed by atoms with Crippen molar-refractivity contribution < 1.29 is 27.1 Å². The Labute approximate surface area is 169 Å². The number of ether oxygens (including phenoxy) is 2. The number of carbonyl (C=O) groups is 1. The number of halogens is 1. The number of hydrogen-bond donors (Lipinski definition) is 1. The lowest BCUT2D eigenvalue weighted by atomic mass is 10.1. The van der Waals surface area contributed by atoms with Crippen LogP contribution in [0.5, 0.6) is 5.75 Å². The molecule has 2 aromatic carbocycles. The van der Waals surface area contributed by atoms with Crippen LogP contribution in [0.1, 0.15) is 15.9 Å². The number of hydrogen-bond acceptors (Lipinski definition) is 5. The fourth-order valence-electron chi connectivity index (χ4n) is 3.07. The van der Waals surface area contributed by atoms with Crippen LogP contribution in [-0.4, -0.2) is 58.6 Å². The number of rotatable bonds is 7. The summed E-state index contributed by atoms with van der Waals surface area (Å²) in [7, 11) is -2.32. The van der Waals surface area contributed by atoms with Gasteiger partial charge in [-0.3, -0.25) is 4.79 Å². The van der Waals surface area contributed by atoms with Gasteiger partial charge in [0.05, 0.1) is 30.8 Å². The third-order valence-corrected chi connectivity index (χ3v) is 6.51. The third-order valence-electron chi connectivity index (χ3n) is 4.61. The van der Waals surface area contributed by atoms with Crippen LogP contribution in [-0.2, 0) is 21.2 Å². The Balaban J connectivity index is 1.75. The average molecular weight is 422 g/mol. The Kier molecular flexibility index (Phi) is 6.83. The molecule has 1 aliphatic rings. The molecule has 2 aromatic rings. The summed E-state index contributed by atoms with van der Waals surface area (Å²) in [4.78, 5) is 12.7. The smallest absolute Gasteiger partial charge is 0.255 e. The predicted molar refractivity (Wildman–Crippen MR) is 105 cm³/mol. The Bertz CT molecular complexity index is 975. The molecule has 1 aliphatic heterocycles. The van der Waals surface area contributed by atoms with E-state index in [4.69, 9.17) is 9.47 Å². The van der Waals surface area contributed by atoms with Gasteiger partial charge in [-0.05, 0) is 42.3 Å². The van der Waals surface area contributed by atoms with Gasteiger partial charge < -0.3 is 14.8 Å². The zero-order valence-electron chi connectivity index (χ0n) is 16.1. The second-order valence-corrected chi connectivity index (χ2v) is 8.45. The highest BCUT2D eigenvalue weighted by Gasteiger charge is 2.28. The van der Waals surface area contributed by atoms with Crippen LogP contribution in [0.15, 0.2) is 47.4 Å². The van der Waals surface area contributed by atoms with E-state index in [0.717, 1.165) is 5.56 Å². The first-order valence-electron chi connectivity index (χ1n) is 9.20. The van der Waals surface area contributed by atoms with Gasteiger partial charge in [0.25, 0.3) is 5.91 Å². The lowest BCUT2D eigenvalue weighted by Gasteiger charge is -2.26. The maximum Gasteiger partial charge on any atom is 0.255 e. The molecule has 3 rings (SSSR count). The number of amides is 1. The van der Waals surface area contributed by atoms with Crippen molar-refractivity contribution in [2.45, 2.75) is 11.3 Å². The zero-order valence-corrected chi connectivity index (χ0v) is 16.9. The number of nitrogens with zero attached hydrogens (tertiary/aromatic N) is 1. The molecule has 1 amide bonds. The number of nitrogens with one attached hydrogen (secondary N) is 1. The number of benzene rings is 2. The first-order chi connectivity index (χ1) is 13.9. The van der Waals surface area contributed by atoms with Crippen molar-refractivity contribution in [3.8, 4) is 5.75 Å². The van der Waals surface area contributed by atoms with Crippen LogP contribution in [0.4, 0.5) is 4.39 Å². The highest BCUT2D eigenvalue weighted by molar-refractivity contribution is 7.89. The van der Waals surface area contributed by atoms with Crippen molar-refractivity contribution in [3.63, 3.8) is 0 Å². The average Bonchev–Trinajstić information content (AvgIpc) is 2.74. The topological polar surface area (TPSA) is 84.9 Å². The number of carbonyl (C=O) groups excluding carboxylic acids is 1. The minimum atomic E-state index is -3.74. The normalized spacial score (nSPS) is 15.1. The lowest BCUT2D eigenvalue weighted by Crippen LogP contribution is -2.40. The molecule has 0 atom stereocenters. The highest BCUT2D eigenvalue weighted by atomic mass is 32.2. The van der Waals surface area contributed by atoms with Crippen molar-refractivity contribution in [2.24, 2.45) is 0 Å². The molecular formula is C20H23FN2O5S. The second-order valence-electron chi connectivity index (χ2n) is 6.51. The molecule has 0 spiro atoms. The summed E-state index contributed by atoms with van der Waals surface area (Å²) >= 11 is 0. The first kappa shape index (κ1) is 21.2. The van der Waals surface area contributed by atoms with E-state index in [-0.39, 0.29) is 41.7 Å². The van der Waals surface area contributed by atoms with Crippen LogP contribution < -0.4 is 10.1 Å². The molecule has 7 nitrogen and oxygen atoms in total. The summed E-state index contributed by atoms with van der Waals surface area (Å²) < 4.78 is 50.7. The van der Waals surface area contributed by atoms with Gasteiger partial charge in [-0.25, -0.2) is 12.8 Å². The molecule has 0 aromatic heterocycles. The first-order valence-corrected chi connectivity index (χ1v) is 10.6. The van der Waals surface area contributed by atoms with Gasteiger partial charge in [-0.2, -0.15) is 4.31 Å². The van der Waals surface area contributed by atoms with Crippen LogP contribution in [0, 0.1) is 5.82 Å². The van der Waals surface area contributed by atoms with Crippen molar-refractivity contribution in [2.75, 3.05) is 40.0 Å². The van der Waals surface area contributed by atoms with Gasteiger partial charge in [0.15, 0.2) is 0 Å². The van der Waals surface area contributed by atoms with Crippen LogP contribution in [0.3, 0.4) is 0 Å². The van der Waals surface area contributed by atoms with E-state index < -0.39 is 15.9 Å². The van der Waals surface area contributed by atoms with Crippen molar-refractivity contribution >= 4 is 15.9 Å². The van der Waals surface area contributed by atoms with Gasteiger partial charge in [0.2, 0.25) is 10.0 Å². The SMILES string of the molecule is COc1ccc(S(=O)(=O)N2CCOCC2)cc1C(=O)NCCc1cccc(F)c1. The van der Waals surface area contributed by atoms with Crippen molar-refractivity contribution in [1.82, 2.24) is 9.62 Å². The van der Waals surface area contributed by atoms with Crippen LogP contribution in [0.2, 0.25) is 0 Å². The van der Waals surface area contributed by atoms with E-state index in [1.165, 1.54) is 41.7 Å². The molecule has 29 heavy (non-hydrogen) atoms. The summed E-state index contributed by atoms with van der Waals surface area (Å²) in [5.41, 5.74) is 0.877. The molecule has 0 radical (unpaired) electrons. The van der Waals surface area contributed by atoms with Crippen LogP contribution in [0.25, 0.3) is 0 Å². The summed E-state index contributed by atoms with van der Waals surface area (Å²) in [6, 6.07) is 10.3. The van der Waals surface area contributed by atoms with Crippen molar-refractivity contribution in [3.05, 3.63) is 59.4 Å². The maximum absolute atomic E-state index is 13.3. The lowest BCUT2D eigenvalue weighted by molar-refractivity contribution is 0.0730. The number of sulfonamides is 1. The fraction of sp³-hybridized carbons (Fsp3) is 0.350. The molecule has 0 saturated carbocycles. The molecule has 0 unspecified atom stereocenters. The fourth-order valence-corrected chi connectivity index (χ4v) is 4.50. The zero-order chi connectivity index (χ0) is 20.9. The van der Waals surface area contributed by atoms with Crippen molar-refractivity contribution in [1.29, 1.82) is 0 Å². The monoisotopic (exact) mass is 422 g/mol. The quantitative estimate of drug-likeness (QED) is 0.736. The molecule has 156 valence electrons. The number of morpholine rings is 1. The van der Waals surface area contributed by atoms with Gasteiger partial charge in [-0.1, -0.05) is 12.1 Å². The van der Waals surface area contributed by atoms with E-state index in [0.29, 0.717) is 19.6 Å². The second kappa shape index (κ2) is 9.34. The molecule has 1 N–H and O–H groups in total. The molecular weight excluding hydrogens is 399 g/mol. The van der Waals surface area contributed by atoms with E-state index in [2.05, 4.69) is 5.32 Å². The Morgan fingerprint density at radius 3 is 2.66 bits per heavy atom. The summed E-state index contributed by atoms with van der Waals surface area (Å²) in [6.07, 6.45) is 0.442. The van der Waals surface area contributed by atoms with Gasteiger partial charge in [0.1, 0.15) is 11.6 Å². The van der Waals surface area contributed by atoms with E-state index >= 15 is 0 Å². The largest absolute Gasteiger partial charge is 0.496 e. The molecule has 0 bridgehead atoms. The standard InChI is InChI=1S/C20H23FN2O5S/c1-27-19-6-5-17(29(25,26)23-9-11-28-12-10-23)14-18(19)20(24)22-8-7-15-3-2-4-16(21)13-15/h2-6,13-14H,7-12H2,1H3,(H,22,24). The summed E-state index contributed by atoms with van der Waals surface area (Å²) in [5.74, 6) is -0.525. The van der Waals surface area contributed by atoms with Gasteiger partial charge >= 0.3 is 0 Å². The molecule has 0 aliphatic carbocycles. The number of methoxy groups -OCH3 is 1. The van der Waals surface area contributed by atoms with E-state index in [1.54, 1.807) is 12.1 Å². The highest BCUT2D eigenvalue weighted by Crippen LogP contribution is 2.25. The van der Waals surface area contributed by atoms with Gasteiger partial charge in [0, 0.05) is 19.6 Å². The Morgan fingerprint density at radius 2 is 1.97 bits per heavy atom. The Hall–Kier alpha value is -2.49. The predicted octanol–water partition coefficient (Wildman–Crippen LogP) is 1.83. The maximum atomic E-state index is 13.3. The summed E-state index contributed by atoms with van der Waals surface area (Å²) in [5, 5.41) is 2.73. The van der Waals surface area contributed by atoms with Gasteiger partial charge in [-0.15, -0.1) is 0 Å².